The number of ether oxygens (including phenoxy) is 1. The first-order valence-corrected chi connectivity index (χ1v) is 8.12. The molecule has 1 N–H and O–H groups in total. The fourth-order valence-electron chi connectivity index (χ4n) is 2.71. The first-order chi connectivity index (χ1) is 9.72. The number of nitrogens with zero attached hydrogens (tertiary/aromatic N) is 2. The zero-order chi connectivity index (χ0) is 15.8. The van der Waals surface area contributed by atoms with E-state index in [4.69, 9.17) is 10.00 Å². The molecule has 0 aromatic rings. The maximum absolute atomic E-state index is 12.7. The van der Waals surface area contributed by atoms with Crippen LogP contribution in [0.1, 0.15) is 40.5 Å². The Labute approximate surface area is 129 Å². The summed E-state index contributed by atoms with van der Waals surface area (Å²) >= 11 is 1.60. The van der Waals surface area contributed by atoms with Crippen molar-refractivity contribution in [3.63, 3.8) is 0 Å². The third-order valence-corrected chi connectivity index (χ3v) is 5.04. The van der Waals surface area contributed by atoms with Crippen LogP contribution >= 0.6 is 11.8 Å². The van der Waals surface area contributed by atoms with E-state index in [-0.39, 0.29) is 11.3 Å². The number of carbonyl (C=O) groups excluding carboxylic acids is 2. The van der Waals surface area contributed by atoms with E-state index in [9.17, 15) is 9.59 Å². The second-order valence-electron chi connectivity index (χ2n) is 6.41. The quantitative estimate of drug-likeness (QED) is 0.841. The molecular formula is C14H21N3O3S. The van der Waals surface area contributed by atoms with Gasteiger partial charge in [-0.25, -0.2) is 4.79 Å². The van der Waals surface area contributed by atoms with Crippen LogP contribution < -0.4 is 5.32 Å². The van der Waals surface area contributed by atoms with Crippen molar-refractivity contribution >= 4 is 23.8 Å². The number of rotatable bonds is 2. The largest absolute Gasteiger partial charge is 0.444 e. The number of fused-ring (bicyclic) bond motifs is 1. The highest BCUT2D eigenvalue weighted by atomic mass is 32.2. The number of carbonyl (C=O) groups is 2. The monoisotopic (exact) mass is 311 g/mol. The summed E-state index contributed by atoms with van der Waals surface area (Å²) in [6, 6.07) is 1.76. The molecule has 116 valence electrons. The van der Waals surface area contributed by atoms with Gasteiger partial charge in [-0.3, -0.25) is 4.79 Å². The van der Waals surface area contributed by atoms with Crippen molar-refractivity contribution < 1.29 is 14.3 Å². The number of amides is 2. The molecular weight excluding hydrogens is 290 g/mol. The summed E-state index contributed by atoms with van der Waals surface area (Å²) < 4.78 is 5.26. The van der Waals surface area contributed by atoms with Crippen molar-refractivity contribution in [3.8, 4) is 6.07 Å². The number of hydrogen-bond donors (Lipinski definition) is 1. The van der Waals surface area contributed by atoms with Gasteiger partial charge in [-0.05, 0) is 27.2 Å². The maximum atomic E-state index is 12.7. The van der Waals surface area contributed by atoms with Crippen LogP contribution in [-0.4, -0.2) is 45.2 Å². The van der Waals surface area contributed by atoms with Crippen LogP contribution in [0, 0.1) is 11.3 Å². The lowest BCUT2D eigenvalue weighted by Crippen LogP contribution is -2.55. The highest BCUT2D eigenvalue weighted by molar-refractivity contribution is 8.00. The minimum Gasteiger partial charge on any atom is -0.444 e. The van der Waals surface area contributed by atoms with Crippen LogP contribution in [0.4, 0.5) is 4.79 Å². The van der Waals surface area contributed by atoms with Gasteiger partial charge in [0.2, 0.25) is 0 Å². The Morgan fingerprint density at radius 3 is 2.81 bits per heavy atom. The summed E-state index contributed by atoms with van der Waals surface area (Å²) in [5, 5.41) is 11.9. The molecule has 3 atom stereocenters. The van der Waals surface area contributed by atoms with E-state index >= 15 is 0 Å². The number of nitriles is 1. The van der Waals surface area contributed by atoms with E-state index in [0.717, 1.165) is 0 Å². The summed E-state index contributed by atoms with van der Waals surface area (Å²) in [6.07, 6.45) is 0.415. The maximum Gasteiger partial charge on any atom is 0.408 e. The van der Waals surface area contributed by atoms with Crippen LogP contribution in [0.5, 0.6) is 0 Å². The Bertz CT molecular complexity index is 497. The third-order valence-electron chi connectivity index (χ3n) is 3.75. The fraction of sp³-hybridized carbons (Fsp3) is 0.786. The molecule has 0 radical (unpaired) electrons. The van der Waals surface area contributed by atoms with Crippen LogP contribution in [0.3, 0.4) is 0 Å². The molecule has 2 saturated heterocycles. The van der Waals surface area contributed by atoms with E-state index in [1.165, 1.54) is 0 Å². The second kappa shape index (κ2) is 5.41. The molecule has 2 aliphatic rings. The Hall–Kier alpha value is -1.42. The summed E-state index contributed by atoms with van der Waals surface area (Å²) in [6.45, 7) is 7.20. The molecule has 2 rings (SSSR count). The summed E-state index contributed by atoms with van der Waals surface area (Å²) in [7, 11) is 0. The van der Waals surface area contributed by atoms with E-state index < -0.39 is 23.3 Å². The zero-order valence-corrected chi connectivity index (χ0v) is 13.6. The lowest BCUT2D eigenvalue weighted by Gasteiger charge is -2.30. The summed E-state index contributed by atoms with van der Waals surface area (Å²) in [5.74, 6) is 0.469. The topological polar surface area (TPSA) is 82.4 Å². The molecule has 0 unspecified atom stereocenters. The summed E-state index contributed by atoms with van der Waals surface area (Å²) in [4.78, 5) is 26.3. The van der Waals surface area contributed by atoms with Gasteiger partial charge in [0.15, 0.2) is 0 Å². The standard InChI is InChI=1S/C14H21N3O3S/c1-5-14(16-12(19)20-13(2,3)4)6-10-17(11(14)18)9(7-15)8-21-10/h9-10H,5-6,8H2,1-4H3,(H,16,19)/t9-,10+,14-/m1/s1. The van der Waals surface area contributed by atoms with Crippen molar-refractivity contribution in [1.29, 1.82) is 5.26 Å². The predicted octanol–water partition coefficient (Wildman–Crippen LogP) is 1.86. The first kappa shape index (κ1) is 16.0. The molecule has 7 heteroatoms. The Morgan fingerprint density at radius 2 is 2.29 bits per heavy atom. The lowest BCUT2D eigenvalue weighted by atomic mass is 9.94. The van der Waals surface area contributed by atoms with E-state index in [1.54, 1.807) is 37.4 Å². The summed E-state index contributed by atoms with van der Waals surface area (Å²) in [5.41, 5.74) is -1.56. The van der Waals surface area contributed by atoms with Gasteiger partial charge >= 0.3 is 6.09 Å². The minimum atomic E-state index is -0.949. The minimum absolute atomic E-state index is 0.0305. The van der Waals surface area contributed by atoms with Crippen LogP contribution in [0.25, 0.3) is 0 Å². The van der Waals surface area contributed by atoms with E-state index in [1.807, 2.05) is 6.92 Å². The molecule has 2 heterocycles. The Balaban J connectivity index is 2.15. The van der Waals surface area contributed by atoms with Gasteiger partial charge in [0.05, 0.1) is 11.4 Å². The molecule has 2 fully saturated rings. The molecule has 0 aliphatic carbocycles. The lowest BCUT2D eigenvalue weighted by molar-refractivity contribution is -0.134. The van der Waals surface area contributed by atoms with Crippen LogP contribution in [0.2, 0.25) is 0 Å². The smallest absolute Gasteiger partial charge is 0.408 e. The van der Waals surface area contributed by atoms with E-state index in [2.05, 4.69) is 11.4 Å². The molecule has 0 spiro atoms. The predicted molar refractivity (Wildman–Crippen MR) is 79.5 cm³/mol. The molecule has 0 bridgehead atoms. The SMILES string of the molecule is CC[C@@]1(NC(=O)OC(C)(C)C)C[C@@H]2SC[C@@H](C#N)N2C1=O. The average Bonchev–Trinajstić information content (AvgIpc) is 2.87. The average molecular weight is 311 g/mol. The molecule has 0 aromatic carbocycles. The highest BCUT2D eigenvalue weighted by Gasteiger charge is 2.56. The van der Waals surface area contributed by atoms with Crippen molar-refractivity contribution in [2.75, 3.05) is 5.75 Å². The molecule has 0 saturated carbocycles. The first-order valence-electron chi connectivity index (χ1n) is 7.07. The normalized spacial score (nSPS) is 31.8. The molecule has 21 heavy (non-hydrogen) atoms. The van der Waals surface area contributed by atoms with Gasteiger partial charge in [0.25, 0.3) is 5.91 Å². The van der Waals surface area contributed by atoms with Gasteiger partial charge in [-0.15, -0.1) is 11.8 Å². The Morgan fingerprint density at radius 1 is 1.62 bits per heavy atom. The van der Waals surface area contributed by atoms with Gasteiger partial charge in [-0.2, -0.15) is 5.26 Å². The zero-order valence-electron chi connectivity index (χ0n) is 12.8. The second-order valence-corrected chi connectivity index (χ2v) is 7.62. The van der Waals surface area contributed by atoms with Crippen molar-refractivity contribution in [2.24, 2.45) is 0 Å². The van der Waals surface area contributed by atoms with Gasteiger partial charge in [0, 0.05) is 12.2 Å². The van der Waals surface area contributed by atoms with Crippen LogP contribution in [-0.2, 0) is 9.53 Å². The molecule has 2 amide bonds. The molecule has 2 aliphatic heterocycles. The van der Waals surface area contributed by atoms with Crippen LogP contribution in [0.15, 0.2) is 0 Å². The molecule has 6 nitrogen and oxygen atoms in total. The molecule has 0 aromatic heterocycles. The van der Waals surface area contributed by atoms with Crippen molar-refractivity contribution in [2.45, 2.75) is 63.1 Å². The number of thioether (sulfide) groups is 1. The third kappa shape index (κ3) is 2.95. The van der Waals surface area contributed by atoms with Gasteiger partial charge in [-0.1, -0.05) is 6.92 Å². The Kier molecular flexibility index (Phi) is 4.11. The fourth-order valence-corrected chi connectivity index (χ4v) is 4.16. The number of nitrogens with one attached hydrogen (secondary N) is 1. The number of hydrogen-bond acceptors (Lipinski definition) is 5. The van der Waals surface area contributed by atoms with Crippen molar-refractivity contribution in [3.05, 3.63) is 0 Å². The van der Waals surface area contributed by atoms with E-state index in [0.29, 0.717) is 18.6 Å². The van der Waals surface area contributed by atoms with Crippen molar-refractivity contribution in [1.82, 2.24) is 10.2 Å². The highest BCUT2D eigenvalue weighted by Crippen LogP contribution is 2.43. The number of alkyl carbamates (subject to hydrolysis) is 1. The van der Waals surface area contributed by atoms with Gasteiger partial charge < -0.3 is 15.0 Å². The van der Waals surface area contributed by atoms with Gasteiger partial charge in [0.1, 0.15) is 17.2 Å².